The highest BCUT2D eigenvalue weighted by Crippen LogP contribution is 2.25. The van der Waals surface area contributed by atoms with Crippen molar-refractivity contribution >= 4 is 17.6 Å². The molecule has 9 nitrogen and oxygen atoms in total. The second-order valence-electron chi connectivity index (χ2n) is 9.19. The number of hydrogen-bond acceptors (Lipinski definition) is 6. The molecule has 2 amide bonds. The fourth-order valence-electron chi connectivity index (χ4n) is 4.62. The molecule has 0 unspecified atom stereocenters. The topological polar surface area (TPSA) is 137 Å². The van der Waals surface area contributed by atoms with Gasteiger partial charge in [-0.2, -0.15) is 5.10 Å². The molecular weight excluding hydrogens is 468 g/mol. The van der Waals surface area contributed by atoms with Gasteiger partial charge in [-0.25, -0.2) is 4.98 Å². The van der Waals surface area contributed by atoms with Gasteiger partial charge in [0, 0.05) is 48.2 Å². The molecule has 188 valence electrons. The van der Waals surface area contributed by atoms with Crippen LogP contribution in [-0.4, -0.2) is 56.1 Å². The molecule has 1 aliphatic rings. The number of H-pyrrole nitrogens is 1. The Kier molecular flexibility index (Phi) is 6.70. The third-order valence-corrected chi connectivity index (χ3v) is 6.69. The fourth-order valence-corrected chi connectivity index (χ4v) is 4.62. The molecule has 37 heavy (non-hydrogen) atoms. The van der Waals surface area contributed by atoms with Crippen LogP contribution in [0.5, 0.6) is 0 Å². The van der Waals surface area contributed by atoms with E-state index >= 15 is 0 Å². The Bertz CT molecular complexity index is 1450. The van der Waals surface area contributed by atoms with Crippen molar-refractivity contribution in [2.45, 2.75) is 26.0 Å². The van der Waals surface area contributed by atoms with E-state index in [1.54, 1.807) is 23.4 Å². The van der Waals surface area contributed by atoms with Crippen LogP contribution < -0.4 is 11.1 Å². The van der Waals surface area contributed by atoms with Crippen molar-refractivity contribution in [2.24, 2.45) is 0 Å². The van der Waals surface area contributed by atoms with Gasteiger partial charge in [0.1, 0.15) is 5.82 Å². The van der Waals surface area contributed by atoms with Crippen LogP contribution in [0.15, 0.2) is 67.0 Å². The number of hydrogen-bond donors (Lipinski definition) is 4. The lowest BCUT2D eigenvalue weighted by molar-refractivity contribution is 0.0783. The minimum Gasteiger partial charge on any atom is -0.392 e. The van der Waals surface area contributed by atoms with Gasteiger partial charge in [0.05, 0.1) is 17.9 Å². The lowest BCUT2D eigenvalue weighted by Crippen LogP contribution is -2.38. The van der Waals surface area contributed by atoms with E-state index < -0.39 is 0 Å². The number of nitrogens with two attached hydrogens (primary N) is 1. The molecule has 1 aliphatic heterocycles. The number of amides is 2. The van der Waals surface area contributed by atoms with E-state index in [2.05, 4.69) is 20.5 Å². The average Bonchev–Trinajstić information content (AvgIpc) is 3.57. The zero-order valence-electron chi connectivity index (χ0n) is 20.4. The zero-order valence-corrected chi connectivity index (χ0v) is 20.4. The summed E-state index contributed by atoms with van der Waals surface area (Å²) in [5, 5.41) is 19.3. The van der Waals surface area contributed by atoms with Crippen LogP contribution in [0.25, 0.3) is 22.3 Å². The molecule has 2 aromatic carbocycles. The fraction of sp³-hybridized carbons (Fsp3) is 0.214. The summed E-state index contributed by atoms with van der Waals surface area (Å²) in [6.07, 6.45) is 4.02. The standard InChI is InChI=1S/C28H28N6O3/c1-17-25(14-31-33-17)22-12-24(26(29)30-13-22)27(36)32-23-9-10-34(15-23)28(37)20-7-5-19(6-8-20)21-4-2-3-18(11-21)16-35/h2-8,11-14,23,35H,9-10,15-16H2,1H3,(H2,29,30)(H,31,33)(H,32,36)/t23-/m1/s1. The van der Waals surface area contributed by atoms with E-state index in [4.69, 9.17) is 5.73 Å². The monoisotopic (exact) mass is 496 g/mol. The molecule has 5 rings (SSSR count). The van der Waals surface area contributed by atoms with E-state index in [0.29, 0.717) is 30.6 Å². The van der Waals surface area contributed by atoms with Crippen molar-refractivity contribution in [1.29, 1.82) is 0 Å². The molecule has 0 aliphatic carbocycles. The van der Waals surface area contributed by atoms with Gasteiger partial charge in [-0.05, 0) is 54.3 Å². The average molecular weight is 497 g/mol. The van der Waals surface area contributed by atoms with Crippen LogP contribution in [-0.2, 0) is 6.61 Å². The number of pyridine rings is 1. The molecule has 1 saturated heterocycles. The van der Waals surface area contributed by atoms with E-state index in [1.165, 1.54) is 0 Å². The van der Waals surface area contributed by atoms with Gasteiger partial charge in [0.2, 0.25) is 0 Å². The predicted octanol–water partition coefficient (Wildman–Crippen LogP) is 3.17. The Hall–Kier alpha value is -4.50. The number of aryl methyl sites for hydroxylation is 1. The van der Waals surface area contributed by atoms with Crippen LogP contribution in [0.4, 0.5) is 5.82 Å². The lowest BCUT2D eigenvalue weighted by Gasteiger charge is -2.18. The minimum atomic E-state index is -0.318. The molecule has 5 N–H and O–H groups in total. The normalized spacial score (nSPS) is 15.1. The van der Waals surface area contributed by atoms with Gasteiger partial charge >= 0.3 is 0 Å². The summed E-state index contributed by atoms with van der Waals surface area (Å²) in [6.45, 7) is 2.81. The summed E-state index contributed by atoms with van der Waals surface area (Å²) < 4.78 is 0. The van der Waals surface area contributed by atoms with Crippen molar-refractivity contribution in [2.75, 3.05) is 18.8 Å². The van der Waals surface area contributed by atoms with Gasteiger partial charge in [-0.15, -0.1) is 0 Å². The Labute approximate surface area is 214 Å². The second kappa shape index (κ2) is 10.2. The first kappa shape index (κ1) is 24.2. The molecule has 9 heteroatoms. The van der Waals surface area contributed by atoms with Crippen LogP contribution in [0.2, 0.25) is 0 Å². The summed E-state index contributed by atoms with van der Waals surface area (Å²) in [5.74, 6) is -0.245. The maximum atomic E-state index is 13.1. The van der Waals surface area contributed by atoms with Gasteiger partial charge < -0.3 is 21.1 Å². The quantitative estimate of drug-likeness (QED) is 0.324. The number of aliphatic hydroxyl groups is 1. The first-order valence-electron chi connectivity index (χ1n) is 12.1. The Morgan fingerprint density at radius 1 is 1.14 bits per heavy atom. The van der Waals surface area contributed by atoms with E-state index in [1.807, 2.05) is 55.5 Å². The molecule has 0 bridgehead atoms. The highest BCUT2D eigenvalue weighted by molar-refractivity contribution is 6.00. The van der Waals surface area contributed by atoms with Gasteiger partial charge in [0.15, 0.2) is 0 Å². The number of nitrogens with zero attached hydrogens (tertiary/aromatic N) is 3. The number of carbonyl (C=O) groups excluding carboxylic acids is 2. The smallest absolute Gasteiger partial charge is 0.255 e. The van der Waals surface area contributed by atoms with Crippen molar-refractivity contribution in [1.82, 2.24) is 25.4 Å². The van der Waals surface area contributed by atoms with E-state index in [-0.39, 0.29) is 30.3 Å². The third kappa shape index (κ3) is 5.07. The molecule has 0 saturated carbocycles. The van der Waals surface area contributed by atoms with Crippen LogP contribution in [0, 0.1) is 6.92 Å². The van der Waals surface area contributed by atoms with Crippen molar-refractivity contribution in [3.05, 3.63) is 89.4 Å². The molecule has 4 aromatic rings. The number of aromatic nitrogens is 3. The first-order chi connectivity index (χ1) is 17.9. The molecule has 1 atom stereocenters. The molecule has 1 fully saturated rings. The van der Waals surface area contributed by atoms with Crippen LogP contribution in [0.1, 0.15) is 38.4 Å². The number of nitrogen functional groups attached to an aromatic ring is 1. The Morgan fingerprint density at radius 3 is 2.68 bits per heavy atom. The van der Waals surface area contributed by atoms with Gasteiger partial charge in [0.25, 0.3) is 11.8 Å². The number of benzene rings is 2. The Balaban J connectivity index is 1.23. The maximum Gasteiger partial charge on any atom is 0.255 e. The Morgan fingerprint density at radius 2 is 1.95 bits per heavy atom. The van der Waals surface area contributed by atoms with Crippen LogP contribution in [0.3, 0.4) is 0 Å². The number of likely N-dealkylation sites (tertiary alicyclic amines) is 1. The van der Waals surface area contributed by atoms with E-state index in [9.17, 15) is 14.7 Å². The number of anilines is 1. The number of carbonyl (C=O) groups is 2. The summed E-state index contributed by atoms with van der Waals surface area (Å²) >= 11 is 0. The summed E-state index contributed by atoms with van der Waals surface area (Å²) in [4.78, 5) is 32.1. The van der Waals surface area contributed by atoms with E-state index in [0.717, 1.165) is 33.5 Å². The molecule has 0 radical (unpaired) electrons. The van der Waals surface area contributed by atoms with Gasteiger partial charge in [-0.1, -0.05) is 30.3 Å². The molecule has 3 heterocycles. The largest absolute Gasteiger partial charge is 0.392 e. The SMILES string of the molecule is Cc1n[nH]cc1-c1cnc(N)c(C(=O)N[C@@H]2CCN(C(=O)c3ccc(-c4cccc(CO)c4)cc3)C2)c1. The van der Waals surface area contributed by atoms with Crippen LogP contribution >= 0.6 is 0 Å². The highest BCUT2D eigenvalue weighted by Gasteiger charge is 2.29. The lowest BCUT2D eigenvalue weighted by atomic mass is 10.0. The minimum absolute atomic E-state index is 0.0182. The molecule has 2 aromatic heterocycles. The highest BCUT2D eigenvalue weighted by atomic mass is 16.3. The summed E-state index contributed by atoms with van der Waals surface area (Å²) in [6, 6.07) is 16.6. The molecule has 0 spiro atoms. The first-order valence-corrected chi connectivity index (χ1v) is 12.1. The van der Waals surface area contributed by atoms with Gasteiger partial charge in [-0.3, -0.25) is 14.7 Å². The number of rotatable bonds is 6. The number of aliphatic hydroxyl groups excluding tert-OH is 1. The zero-order chi connectivity index (χ0) is 25.9. The van der Waals surface area contributed by atoms with Crippen molar-refractivity contribution in [3.8, 4) is 22.3 Å². The third-order valence-electron chi connectivity index (χ3n) is 6.69. The summed E-state index contributed by atoms with van der Waals surface area (Å²) in [5.41, 5.74) is 12.1. The van der Waals surface area contributed by atoms with Crippen molar-refractivity contribution in [3.63, 3.8) is 0 Å². The molecular formula is C28H28N6O3. The maximum absolute atomic E-state index is 13.1. The van der Waals surface area contributed by atoms with Crippen molar-refractivity contribution < 1.29 is 14.7 Å². The predicted molar refractivity (Wildman–Crippen MR) is 141 cm³/mol. The number of nitrogens with one attached hydrogen (secondary N) is 2. The number of aromatic amines is 1. The summed E-state index contributed by atoms with van der Waals surface area (Å²) in [7, 11) is 0. The second-order valence-corrected chi connectivity index (χ2v) is 9.19.